The van der Waals surface area contributed by atoms with E-state index in [-0.39, 0.29) is 17.6 Å². The summed E-state index contributed by atoms with van der Waals surface area (Å²) in [5.41, 5.74) is 13.0. The van der Waals surface area contributed by atoms with Gasteiger partial charge in [-0.3, -0.25) is 0 Å². The lowest BCUT2D eigenvalue weighted by molar-refractivity contribution is 0.0973. The molecule has 3 aromatic heterocycles. The smallest absolute Gasteiger partial charge is 0.190 e. The molecule has 2 fully saturated rings. The molecule has 2 unspecified atom stereocenters. The second-order valence-corrected chi connectivity index (χ2v) is 9.33. The molecule has 0 radical (unpaired) electrons. The fourth-order valence-corrected chi connectivity index (χ4v) is 5.44. The minimum absolute atomic E-state index is 0.0681. The molecule has 0 aromatic carbocycles. The molecular weight excluding hydrogens is 424 g/mol. The first kappa shape index (κ1) is 19.8. The Morgan fingerprint density at radius 2 is 2.07 bits per heavy atom. The maximum Gasteiger partial charge on any atom is 0.190 e. The zero-order chi connectivity index (χ0) is 20.9. The molecule has 2 saturated heterocycles. The van der Waals surface area contributed by atoms with E-state index >= 15 is 0 Å². The summed E-state index contributed by atoms with van der Waals surface area (Å²) in [5, 5.41) is 5.56. The van der Waals surface area contributed by atoms with Crippen LogP contribution in [-0.2, 0) is 4.74 Å². The number of nitrogens with zero attached hydrogens (tertiary/aromatic N) is 6. The maximum absolute atomic E-state index is 6.45. The zero-order valence-electron chi connectivity index (χ0n) is 16.5. The first-order valence-corrected chi connectivity index (χ1v) is 11.1. The number of hydrogen-bond acceptors (Lipinski definition) is 9. The lowest BCUT2D eigenvalue weighted by Gasteiger charge is -2.41. The van der Waals surface area contributed by atoms with Crippen LogP contribution in [0.2, 0.25) is 5.02 Å². The number of nitrogens with two attached hydrogens (primary N) is 2. The number of pyridine rings is 1. The van der Waals surface area contributed by atoms with Crippen molar-refractivity contribution < 1.29 is 4.74 Å². The second kappa shape index (κ2) is 7.52. The molecule has 158 valence electrons. The molecule has 4 N–H and O–H groups in total. The largest absolute Gasteiger partial charge is 0.382 e. The molecule has 9 nitrogen and oxygen atoms in total. The number of rotatable bonds is 3. The average Bonchev–Trinajstić information content (AvgIpc) is 3.35. The normalized spacial score (nSPS) is 23.5. The van der Waals surface area contributed by atoms with E-state index in [1.807, 2.05) is 16.8 Å². The van der Waals surface area contributed by atoms with Gasteiger partial charge in [0.1, 0.15) is 17.2 Å². The van der Waals surface area contributed by atoms with Crippen LogP contribution in [-0.4, -0.2) is 56.4 Å². The second-order valence-electron chi connectivity index (χ2n) is 7.92. The van der Waals surface area contributed by atoms with E-state index in [0.717, 1.165) is 43.3 Å². The van der Waals surface area contributed by atoms with E-state index in [0.29, 0.717) is 21.5 Å². The van der Waals surface area contributed by atoms with Gasteiger partial charge >= 0.3 is 0 Å². The minimum atomic E-state index is 0.0681. The fourth-order valence-electron chi connectivity index (χ4n) is 4.35. The quantitative estimate of drug-likeness (QED) is 0.623. The van der Waals surface area contributed by atoms with Gasteiger partial charge in [0.2, 0.25) is 0 Å². The molecule has 0 bridgehead atoms. The molecule has 11 heteroatoms. The van der Waals surface area contributed by atoms with Gasteiger partial charge < -0.3 is 21.1 Å². The third-order valence-electron chi connectivity index (χ3n) is 6.27. The van der Waals surface area contributed by atoms with E-state index in [2.05, 4.69) is 31.9 Å². The highest BCUT2D eigenvalue weighted by atomic mass is 35.5. The highest BCUT2D eigenvalue weighted by molar-refractivity contribution is 7.99. The molecule has 2 atom stereocenters. The highest BCUT2D eigenvalue weighted by Crippen LogP contribution is 2.42. The first-order valence-electron chi connectivity index (χ1n) is 9.87. The minimum Gasteiger partial charge on any atom is -0.382 e. The third-order valence-corrected chi connectivity index (χ3v) is 7.82. The molecule has 2 aliphatic rings. The Balaban J connectivity index is 1.40. The first-order chi connectivity index (χ1) is 14.5. The van der Waals surface area contributed by atoms with Crippen LogP contribution in [0.5, 0.6) is 0 Å². The van der Waals surface area contributed by atoms with E-state index < -0.39 is 0 Å². The Kier molecular flexibility index (Phi) is 4.97. The number of piperidine rings is 1. The molecule has 30 heavy (non-hydrogen) atoms. The van der Waals surface area contributed by atoms with E-state index in [9.17, 15) is 0 Å². The van der Waals surface area contributed by atoms with E-state index in [1.54, 1.807) is 12.5 Å². The van der Waals surface area contributed by atoms with Crippen molar-refractivity contribution in [3.05, 3.63) is 29.8 Å². The van der Waals surface area contributed by atoms with Gasteiger partial charge in [-0.05, 0) is 25.8 Å². The van der Waals surface area contributed by atoms with Crippen LogP contribution in [0, 0.1) is 5.41 Å². The van der Waals surface area contributed by atoms with Gasteiger partial charge in [-0.1, -0.05) is 23.4 Å². The van der Waals surface area contributed by atoms with Crippen molar-refractivity contribution >= 4 is 40.6 Å². The molecule has 5 heterocycles. The van der Waals surface area contributed by atoms with Crippen molar-refractivity contribution in [2.24, 2.45) is 11.1 Å². The molecule has 0 amide bonds. The number of fused-ring (bicyclic) bond motifs is 1. The molecular formula is C19H23ClN8OS. The van der Waals surface area contributed by atoms with Gasteiger partial charge in [0.05, 0.1) is 23.9 Å². The van der Waals surface area contributed by atoms with Crippen LogP contribution in [0.25, 0.3) is 5.65 Å². The lowest BCUT2D eigenvalue weighted by atomic mass is 9.73. The van der Waals surface area contributed by atoms with Crippen molar-refractivity contribution in [3.63, 3.8) is 0 Å². The van der Waals surface area contributed by atoms with Crippen LogP contribution in [0.15, 0.2) is 34.7 Å². The topological polar surface area (TPSA) is 120 Å². The Hall–Kier alpha value is -2.14. The van der Waals surface area contributed by atoms with Crippen LogP contribution in [0.1, 0.15) is 19.8 Å². The number of anilines is 2. The number of ether oxygens (including phenoxy) is 1. The van der Waals surface area contributed by atoms with Gasteiger partial charge in [0.25, 0.3) is 0 Å². The summed E-state index contributed by atoms with van der Waals surface area (Å²) >= 11 is 7.69. The van der Waals surface area contributed by atoms with E-state index in [1.165, 1.54) is 11.8 Å². The van der Waals surface area contributed by atoms with Crippen molar-refractivity contribution in [1.29, 1.82) is 0 Å². The predicted octanol–water partition coefficient (Wildman–Crippen LogP) is 2.24. The standard InChI is InChI=1S/C19H23ClN8OS/c1-11-15(21)19(9-29-11)3-6-27(7-4-19)13-8-24-18(17-25-10-26-28(13)17)30-12-2-5-23-16(22)14(12)20/h2,5,8,10-11,15H,3-4,6-7,9,21H2,1H3,(H2,22,23). The number of nitrogen functional groups attached to an aromatic ring is 1. The number of hydrogen-bond donors (Lipinski definition) is 2. The zero-order valence-corrected chi connectivity index (χ0v) is 18.1. The van der Waals surface area contributed by atoms with Crippen molar-refractivity contribution in [2.45, 2.75) is 41.8 Å². The van der Waals surface area contributed by atoms with Gasteiger partial charge in [-0.15, -0.1) is 0 Å². The highest BCUT2D eigenvalue weighted by Gasteiger charge is 2.47. The summed E-state index contributed by atoms with van der Waals surface area (Å²) in [7, 11) is 0. The number of aromatic nitrogens is 5. The van der Waals surface area contributed by atoms with Crippen LogP contribution >= 0.6 is 23.4 Å². The monoisotopic (exact) mass is 446 g/mol. The molecule has 2 aliphatic heterocycles. The van der Waals surface area contributed by atoms with Gasteiger partial charge in [0, 0.05) is 35.6 Å². The number of halogens is 1. The van der Waals surface area contributed by atoms with Gasteiger partial charge in [-0.2, -0.15) is 9.61 Å². The van der Waals surface area contributed by atoms with Crippen molar-refractivity contribution in [3.8, 4) is 0 Å². The van der Waals surface area contributed by atoms with Gasteiger partial charge in [0.15, 0.2) is 11.5 Å². The fraction of sp³-hybridized carbons (Fsp3) is 0.474. The molecule has 0 aliphatic carbocycles. The summed E-state index contributed by atoms with van der Waals surface area (Å²) in [6.45, 7) is 4.55. The van der Waals surface area contributed by atoms with Crippen molar-refractivity contribution in [1.82, 2.24) is 24.6 Å². The predicted molar refractivity (Wildman–Crippen MR) is 116 cm³/mol. The Labute approximate surface area is 183 Å². The van der Waals surface area contributed by atoms with E-state index in [4.69, 9.17) is 27.8 Å². The molecule has 3 aromatic rings. The Morgan fingerprint density at radius 1 is 1.27 bits per heavy atom. The van der Waals surface area contributed by atoms with Crippen LogP contribution < -0.4 is 16.4 Å². The van der Waals surface area contributed by atoms with Crippen LogP contribution in [0.4, 0.5) is 11.6 Å². The Bertz CT molecular complexity index is 1080. The third kappa shape index (κ3) is 3.18. The molecule has 1 spiro atoms. The summed E-state index contributed by atoms with van der Waals surface area (Å²) in [6.07, 6.45) is 7.09. The molecule has 5 rings (SSSR count). The summed E-state index contributed by atoms with van der Waals surface area (Å²) < 4.78 is 7.67. The Morgan fingerprint density at radius 3 is 2.80 bits per heavy atom. The summed E-state index contributed by atoms with van der Waals surface area (Å²) in [5.74, 6) is 1.21. The maximum atomic E-state index is 6.45. The SMILES string of the molecule is CC1OCC2(CCN(c3cnc(Sc4ccnc(N)c4Cl)c4ncnn34)CC2)C1N. The lowest BCUT2D eigenvalue weighted by Crippen LogP contribution is -2.51. The van der Waals surface area contributed by atoms with Gasteiger partial charge in [-0.25, -0.2) is 15.0 Å². The summed E-state index contributed by atoms with van der Waals surface area (Å²) in [4.78, 5) is 16.2. The average molecular weight is 447 g/mol. The summed E-state index contributed by atoms with van der Waals surface area (Å²) in [6, 6.07) is 1.89. The molecule has 0 saturated carbocycles. The van der Waals surface area contributed by atoms with Crippen LogP contribution in [0.3, 0.4) is 0 Å². The van der Waals surface area contributed by atoms with Crippen molar-refractivity contribution in [2.75, 3.05) is 30.3 Å².